The van der Waals surface area contributed by atoms with E-state index in [-0.39, 0.29) is 0 Å². The minimum absolute atomic E-state index is 0.361. The Kier molecular flexibility index (Phi) is 4.37. The van der Waals surface area contributed by atoms with Crippen molar-refractivity contribution in [3.8, 4) is 0 Å². The number of ether oxygens (including phenoxy) is 1. The first kappa shape index (κ1) is 15.7. The molecule has 0 radical (unpaired) electrons. The van der Waals surface area contributed by atoms with Crippen LogP contribution in [0.3, 0.4) is 0 Å². The lowest BCUT2D eigenvalue weighted by atomic mass is 9.99. The van der Waals surface area contributed by atoms with Gasteiger partial charge in [0.25, 0.3) is 0 Å². The van der Waals surface area contributed by atoms with Gasteiger partial charge in [-0.15, -0.1) is 0 Å². The zero-order valence-corrected chi connectivity index (χ0v) is 12.2. The molecule has 6 heteroatoms. The van der Waals surface area contributed by atoms with Crippen LogP contribution >= 0.6 is 0 Å². The van der Waals surface area contributed by atoms with Crippen LogP contribution in [0.1, 0.15) is 31.1 Å². The number of sulfone groups is 1. The molecular formula is C13H18O5S. The fourth-order valence-corrected chi connectivity index (χ4v) is 2.09. The van der Waals surface area contributed by atoms with Crippen molar-refractivity contribution in [2.24, 2.45) is 0 Å². The van der Waals surface area contributed by atoms with Gasteiger partial charge in [-0.1, -0.05) is 24.3 Å². The largest absolute Gasteiger partial charge is 0.467 e. The number of aliphatic hydroxyl groups excluding tert-OH is 1. The Labute approximate surface area is 113 Å². The number of hydrogen-bond donors (Lipinski definition) is 1. The van der Waals surface area contributed by atoms with E-state index in [0.717, 1.165) is 0 Å². The van der Waals surface area contributed by atoms with Crippen LogP contribution in [0.15, 0.2) is 24.3 Å². The molecule has 1 aromatic rings. The zero-order chi connectivity index (χ0) is 14.8. The third kappa shape index (κ3) is 3.13. The van der Waals surface area contributed by atoms with Gasteiger partial charge in [-0.3, -0.25) is 0 Å². The van der Waals surface area contributed by atoms with Gasteiger partial charge in [-0.2, -0.15) is 0 Å². The molecule has 0 saturated carbocycles. The molecule has 0 fully saturated rings. The van der Waals surface area contributed by atoms with Crippen molar-refractivity contribution in [2.75, 3.05) is 13.4 Å². The Bertz CT molecular complexity index is 557. The lowest BCUT2D eigenvalue weighted by molar-refractivity contribution is -0.150. The molecule has 1 N–H and O–H groups in total. The summed E-state index contributed by atoms with van der Waals surface area (Å²) in [6, 6.07) is 6.21. The van der Waals surface area contributed by atoms with Gasteiger partial charge in [-0.05, 0) is 25.0 Å². The maximum Gasteiger partial charge on any atom is 0.339 e. The number of esters is 1. The van der Waals surface area contributed by atoms with E-state index >= 15 is 0 Å². The molecule has 5 nitrogen and oxygen atoms in total. The van der Waals surface area contributed by atoms with Gasteiger partial charge >= 0.3 is 5.97 Å². The highest BCUT2D eigenvalue weighted by molar-refractivity contribution is 7.91. The molecule has 0 heterocycles. The smallest absolute Gasteiger partial charge is 0.339 e. The Morgan fingerprint density at radius 1 is 1.26 bits per heavy atom. The molecule has 106 valence electrons. The first-order chi connectivity index (χ1) is 8.61. The summed E-state index contributed by atoms with van der Waals surface area (Å²) in [5, 5.41) is 9.65. The van der Waals surface area contributed by atoms with Gasteiger partial charge in [0.1, 0.15) is 0 Å². The lowest BCUT2D eigenvalue weighted by Crippen LogP contribution is -2.28. The molecular weight excluding hydrogens is 268 g/mol. The Morgan fingerprint density at radius 3 is 2.11 bits per heavy atom. The van der Waals surface area contributed by atoms with Gasteiger partial charge in [0.2, 0.25) is 0 Å². The molecule has 0 bridgehead atoms. The molecule has 0 saturated heterocycles. The molecule has 1 rings (SSSR count). The Balaban J connectivity index is 3.10. The summed E-state index contributed by atoms with van der Waals surface area (Å²) in [6.45, 7) is 3.21. The number of rotatable bonds is 4. The van der Waals surface area contributed by atoms with Crippen molar-refractivity contribution in [3.05, 3.63) is 35.4 Å². The number of methoxy groups -OCH3 is 1. The monoisotopic (exact) mass is 286 g/mol. The van der Waals surface area contributed by atoms with Gasteiger partial charge in [-0.25, -0.2) is 13.2 Å². The number of aliphatic hydroxyl groups is 1. The molecule has 0 aliphatic rings. The van der Waals surface area contributed by atoms with Gasteiger partial charge < -0.3 is 9.84 Å². The van der Waals surface area contributed by atoms with Crippen LogP contribution in [-0.2, 0) is 24.1 Å². The highest BCUT2D eigenvalue weighted by Gasteiger charge is 2.32. The fraction of sp³-hybridized carbons (Fsp3) is 0.462. The second kappa shape index (κ2) is 5.30. The van der Waals surface area contributed by atoms with E-state index in [1.165, 1.54) is 25.5 Å². The normalized spacial score (nSPS) is 13.9. The van der Waals surface area contributed by atoms with E-state index in [2.05, 4.69) is 4.74 Å². The summed E-state index contributed by atoms with van der Waals surface area (Å²) >= 11 is 0. The molecule has 0 aromatic heterocycles. The van der Waals surface area contributed by atoms with Crippen molar-refractivity contribution in [2.45, 2.75) is 24.7 Å². The zero-order valence-electron chi connectivity index (χ0n) is 11.4. The maximum atomic E-state index is 11.7. The second-order valence-electron chi connectivity index (χ2n) is 4.83. The van der Waals surface area contributed by atoms with Gasteiger partial charge in [0.15, 0.2) is 15.9 Å². The van der Waals surface area contributed by atoms with E-state index in [9.17, 15) is 18.3 Å². The first-order valence-electron chi connectivity index (χ1n) is 5.67. The summed E-state index contributed by atoms with van der Waals surface area (Å²) in [6.07, 6.45) is -0.190. The van der Waals surface area contributed by atoms with Crippen molar-refractivity contribution >= 4 is 15.8 Å². The van der Waals surface area contributed by atoms with Crippen LogP contribution in [0.5, 0.6) is 0 Å². The van der Waals surface area contributed by atoms with Crippen LogP contribution < -0.4 is 0 Å². The van der Waals surface area contributed by atoms with Crippen molar-refractivity contribution in [1.82, 2.24) is 0 Å². The minimum Gasteiger partial charge on any atom is -0.467 e. The molecule has 19 heavy (non-hydrogen) atoms. The SMILES string of the molecule is COC(=O)C(O)c1ccc(C(C)(C)S(C)(=O)=O)cc1. The molecule has 0 spiro atoms. The minimum atomic E-state index is -3.26. The number of benzene rings is 1. The predicted molar refractivity (Wildman–Crippen MR) is 71.3 cm³/mol. The number of carbonyl (C=O) groups excluding carboxylic acids is 1. The second-order valence-corrected chi connectivity index (χ2v) is 7.40. The molecule has 1 aromatic carbocycles. The molecule has 1 atom stereocenters. The van der Waals surface area contributed by atoms with Crippen LogP contribution in [0.2, 0.25) is 0 Å². The van der Waals surface area contributed by atoms with Crippen molar-refractivity contribution < 1.29 is 23.1 Å². The van der Waals surface area contributed by atoms with E-state index < -0.39 is 26.7 Å². The van der Waals surface area contributed by atoms with Crippen molar-refractivity contribution in [1.29, 1.82) is 0 Å². The quantitative estimate of drug-likeness (QED) is 0.840. The first-order valence-corrected chi connectivity index (χ1v) is 7.56. The average molecular weight is 286 g/mol. The Hall–Kier alpha value is -1.40. The topological polar surface area (TPSA) is 80.7 Å². The van der Waals surface area contributed by atoms with Gasteiger partial charge in [0, 0.05) is 6.26 Å². The highest BCUT2D eigenvalue weighted by Crippen LogP contribution is 2.29. The van der Waals surface area contributed by atoms with E-state index in [1.54, 1.807) is 26.0 Å². The average Bonchev–Trinajstić information content (AvgIpc) is 2.35. The van der Waals surface area contributed by atoms with Crippen LogP contribution in [-0.4, -0.2) is 32.9 Å². The highest BCUT2D eigenvalue weighted by atomic mass is 32.2. The van der Waals surface area contributed by atoms with Crippen LogP contribution in [0.25, 0.3) is 0 Å². The summed E-state index contributed by atoms with van der Waals surface area (Å²) in [4.78, 5) is 11.2. The van der Waals surface area contributed by atoms with E-state index in [1.807, 2.05) is 0 Å². The molecule has 0 aliphatic carbocycles. The molecule has 0 aliphatic heterocycles. The third-order valence-electron chi connectivity index (χ3n) is 3.27. The molecule has 0 amide bonds. The van der Waals surface area contributed by atoms with Gasteiger partial charge in [0.05, 0.1) is 11.9 Å². The summed E-state index contributed by atoms with van der Waals surface area (Å²) in [5.41, 5.74) is 0.954. The summed E-state index contributed by atoms with van der Waals surface area (Å²) in [5.74, 6) is -0.755. The van der Waals surface area contributed by atoms with E-state index in [0.29, 0.717) is 11.1 Å². The van der Waals surface area contributed by atoms with Crippen LogP contribution in [0, 0.1) is 0 Å². The van der Waals surface area contributed by atoms with E-state index in [4.69, 9.17) is 0 Å². The third-order valence-corrected chi connectivity index (χ3v) is 5.36. The number of hydrogen-bond acceptors (Lipinski definition) is 5. The Morgan fingerprint density at radius 2 is 1.74 bits per heavy atom. The predicted octanol–water partition coefficient (Wildman–Crippen LogP) is 1.17. The lowest BCUT2D eigenvalue weighted by Gasteiger charge is -2.23. The maximum absolute atomic E-state index is 11.7. The van der Waals surface area contributed by atoms with Crippen molar-refractivity contribution in [3.63, 3.8) is 0 Å². The van der Waals surface area contributed by atoms with Crippen LogP contribution in [0.4, 0.5) is 0 Å². The summed E-state index contributed by atoms with van der Waals surface area (Å²) in [7, 11) is -2.08. The standard InChI is InChI=1S/C13H18O5S/c1-13(2,19(4,16)17)10-7-5-9(6-8-10)11(14)12(15)18-3/h5-8,11,14H,1-4H3. The summed E-state index contributed by atoms with van der Waals surface area (Å²) < 4.78 is 26.8. The fourth-order valence-electron chi connectivity index (χ4n) is 1.53. The molecule has 1 unspecified atom stereocenters. The number of carbonyl (C=O) groups is 1.